The Kier molecular flexibility index (Phi) is 5.39. The minimum atomic E-state index is -0.758. The maximum absolute atomic E-state index is 12.5. The van der Waals surface area contributed by atoms with Gasteiger partial charge in [0.15, 0.2) is 11.7 Å². The summed E-state index contributed by atoms with van der Waals surface area (Å²) in [5.74, 6) is 0.322. The number of rotatable bonds is 6. The highest BCUT2D eigenvalue weighted by atomic mass is 16.5. The van der Waals surface area contributed by atoms with Crippen LogP contribution in [0.2, 0.25) is 0 Å². The third-order valence-corrected chi connectivity index (χ3v) is 4.69. The van der Waals surface area contributed by atoms with E-state index in [-0.39, 0.29) is 36.2 Å². The highest BCUT2D eigenvalue weighted by Crippen LogP contribution is 2.33. The fourth-order valence-electron chi connectivity index (χ4n) is 3.05. The van der Waals surface area contributed by atoms with E-state index in [2.05, 4.69) is 15.0 Å². The van der Waals surface area contributed by atoms with E-state index in [0.717, 1.165) is 11.1 Å². The molecule has 1 aliphatic rings. The number of hydrogen-bond acceptors (Lipinski definition) is 7. The molecule has 2 N–H and O–H groups in total. The van der Waals surface area contributed by atoms with Crippen molar-refractivity contribution < 1.29 is 14.3 Å². The fraction of sp³-hybridized carbons (Fsp3) is 0.350. The largest absolute Gasteiger partial charge is 0.477 e. The van der Waals surface area contributed by atoms with Gasteiger partial charge in [0.25, 0.3) is 0 Å². The molecule has 2 heterocycles. The summed E-state index contributed by atoms with van der Waals surface area (Å²) in [6, 6.07) is 7.48. The molecule has 8 nitrogen and oxygen atoms in total. The van der Waals surface area contributed by atoms with Gasteiger partial charge in [-0.2, -0.15) is 0 Å². The molecule has 1 unspecified atom stereocenters. The molecule has 0 bridgehead atoms. The van der Waals surface area contributed by atoms with Gasteiger partial charge >= 0.3 is 0 Å². The number of nitrogens with zero attached hydrogens (tertiary/aromatic N) is 4. The Hall–Kier alpha value is -3.29. The van der Waals surface area contributed by atoms with Gasteiger partial charge in [0, 0.05) is 13.5 Å². The number of carbonyl (C=O) groups excluding carboxylic acids is 2. The molecule has 1 atom stereocenters. The SMILES string of the molecule is CCOc1cnc(C(=O)Cc2cccc(C3(C)CC(=O)N(C)C(N)=N3)c2)cn1. The Morgan fingerprint density at radius 3 is 2.75 bits per heavy atom. The average Bonchev–Trinajstić information content (AvgIpc) is 2.67. The lowest BCUT2D eigenvalue weighted by atomic mass is 9.86. The molecule has 0 fully saturated rings. The number of carbonyl (C=O) groups is 2. The number of ether oxygens (including phenoxy) is 1. The maximum Gasteiger partial charge on any atom is 0.232 e. The topological polar surface area (TPSA) is 111 Å². The van der Waals surface area contributed by atoms with Crippen LogP contribution in [0, 0.1) is 0 Å². The number of nitrogens with two attached hydrogens (primary N) is 1. The third kappa shape index (κ3) is 4.00. The van der Waals surface area contributed by atoms with Crippen LogP contribution in [-0.4, -0.2) is 46.2 Å². The van der Waals surface area contributed by atoms with E-state index in [1.54, 1.807) is 7.05 Å². The van der Waals surface area contributed by atoms with Gasteiger partial charge in [0.2, 0.25) is 11.8 Å². The van der Waals surface area contributed by atoms with Crippen LogP contribution in [-0.2, 0) is 16.8 Å². The first kappa shape index (κ1) is 19.5. The van der Waals surface area contributed by atoms with Gasteiger partial charge in [-0.3, -0.25) is 14.5 Å². The minimum absolute atomic E-state index is 0.0962. The summed E-state index contributed by atoms with van der Waals surface area (Å²) in [7, 11) is 1.60. The summed E-state index contributed by atoms with van der Waals surface area (Å²) >= 11 is 0. The summed E-state index contributed by atoms with van der Waals surface area (Å²) in [5.41, 5.74) is 7.04. The normalized spacial score (nSPS) is 19.3. The number of Topliss-reactive ketones (excluding diaryl/α,β-unsaturated/α-hetero) is 1. The molecule has 8 heteroatoms. The van der Waals surface area contributed by atoms with Crippen LogP contribution in [0.3, 0.4) is 0 Å². The smallest absolute Gasteiger partial charge is 0.232 e. The number of hydrogen-bond donors (Lipinski definition) is 1. The quantitative estimate of drug-likeness (QED) is 0.763. The number of benzene rings is 1. The lowest BCUT2D eigenvalue weighted by Gasteiger charge is -2.33. The van der Waals surface area contributed by atoms with E-state index < -0.39 is 5.54 Å². The van der Waals surface area contributed by atoms with Crippen LogP contribution >= 0.6 is 0 Å². The fourth-order valence-corrected chi connectivity index (χ4v) is 3.05. The average molecular weight is 381 g/mol. The zero-order valence-electron chi connectivity index (χ0n) is 16.2. The predicted molar refractivity (Wildman–Crippen MR) is 104 cm³/mol. The summed E-state index contributed by atoms with van der Waals surface area (Å²) < 4.78 is 5.24. The maximum atomic E-state index is 12.5. The molecule has 1 amide bonds. The van der Waals surface area contributed by atoms with Crippen LogP contribution in [0.25, 0.3) is 0 Å². The van der Waals surface area contributed by atoms with E-state index in [4.69, 9.17) is 10.5 Å². The first-order chi connectivity index (χ1) is 13.3. The molecule has 1 aromatic heterocycles. The lowest BCUT2D eigenvalue weighted by molar-refractivity contribution is -0.128. The lowest BCUT2D eigenvalue weighted by Crippen LogP contribution is -2.47. The summed E-state index contributed by atoms with van der Waals surface area (Å²) in [4.78, 5) is 38.8. The van der Waals surface area contributed by atoms with Crippen molar-refractivity contribution in [2.45, 2.75) is 32.2 Å². The van der Waals surface area contributed by atoms with Crippen LogP contribution in [0.5, 0.6) is 5.88 Å². The van der Waals surface area contributed by atoms with E-state index in [0.29, 0.717) is 12.5 Å². The van der Waals surface area contributed by atoms with E-state index >= 15 is 0 Å². The van der Waals surface area contributed by atoms with Gasteiger partial charge in [-0.15, -0.1) is 0 Å². The van der Waals surface area contributed by atoms with Gasteiger partial charge in [-0.25, -0.2) is 15.0 Å². The Morgan fingerprint density at radius 2 is 2.11 bits per heavy atom. The van der Waals surface area contributed by atoms with Crippen molar-refractivity contribution in [2.75, 3.05) is 13.7 Å². The van der Waals surface area contributed by atoms with Crippen LogP contribution in [0.15, 0.2) is 41.7 Å². The van der Waals surface area contributed by atoms with Gasteiger partial charge in [-0.1, -0.05) is 24.3 Å². The van der Waals surface area contributed by atoms with Gasteiger partial charge in [0.05, 0.1) is 31.0 Å². The van der Waals surface area contributed by atoms with Gasteiger partial charge in [-0.05, 0) is 25.0 Å². The summed E-state index contributed by atoms with van der Waals surface area (Å²) in [5, 5.41) is 0. The Morgan fingerprint density at radius 1 is 1.32 bits per heavy atom. The summed E-state index contributed by atoms with van der Waals surface area (Å²) in [6.07, 6.45) is 3.24. The zero-order chi connectivity index (χ0) is 20.3. The number of ketones is 1. The van der Waals surface area contributed by atoms with Gasteiger partial charge < -0.3 is 10.5 Å². The molecule has 0 aliphatic carbocycles. The van der Waals surface area contributed by atoms with Crippen LogP contribution < -0.4 is 10.5 Å². The molecular formula is C20H23N5O3. The molecule has 1 aromatic carbocycles. The van der Waals surface area contributed by atoms with Crippen LogP contribution in [0.1, 0.15) is 41.9 Å². The summed E-state index contributed by atoms with van der Waals surface area (Å²) in [6.45, 7) is 4.20. The molecule has 0 saturated heterocycles. The molecule has 28 heavy (non-hydrogen) atoms. The Balaban J connectivity index is 1.80. The number of amides is 1. The molecule has 0 spiro atoms. The number of guanidine groups is 1. The second kappa shape index (κ2) is 7.75. The standard InChI is InChI=1S/C20H23N5O3/c1-4-28-17-12-22-15(11-23-17)16(26)9-13-6-5-7-14(8-13)20(2)10-18(27)25(3)19(21)24-20/h5-8,11-12H,4,9-10H2,1-3H3,(H2,21,24). The van der Waals surface area contributed by atoms with E-state index in [1.165, 1.54) is 17.3 Å². The van der Waals surface area contributed by atoms with Crippen molar-refractivity contribution in [1.82, 2.24) is 14.9 Å². The highest BCUT2D eigenvalue weighted by molar-refractivity contribution is 5.99. The first-order valence-electron chi connectivity index (χ1n) is 9.02. The minimum Gasteiger partial charge on any atom is -0.477 e. The van der Waals surface area contributed by atoms with Crippen molar-refractivity contribution in [3.63, 3.8) is 0 Å². The molecule has 146 valence electrons. The number of aromatic nitrogens is 2. The van der Waals surface area contributed by atoms with Crippen molar-refractivity contribution >= 4 is 17.6 Å². The molecular weight excluding hydrogens is 358 g/mol. The van der Waals surface area contributed by atoms with E-state index in [9.17, 15) is 9.59 Å². The predicted octanol–water partition coefficient (Wildman–Crippen LogP) is 1.69. The monoisotopic (exact) mass is 381 g/mol. The Labute approximate surface area is 163 Å². The van der Waals surface area contributed by atoms with Crippen molar-refractivity contribution in [2.24, 2.45) is 10.7 Å². The van der Waals surface area contributed by atoms with Crippen LogP contribution in [0.4, 0.5) is 0 Å². The zero-order valence-corrected chi connectivity index (χ0v) is 16.2. The molecule has 3 rings (SSSR count). The first-order valence-corrected chi connectivity index (χ1v) is 9.02. The van der Waals surface area contributed by atoms with Crippen molar-refractivity contribution in [1.29, 1.82) is 0 Å². The molecule has 0 radical (unpaired) electrons. The van der Waals surface area contributed by atoms with Gasteiger partial charge in [0.1, 0.15) is 5.69 Å². The van der Waals surface area contributed by atoms with Crippen molar-refractivity contribution in [3.8, 4) is 5.88 Å². The van der Waals surface area contributed by atoms with E-state index in [1.807, 2.05) is 38.1 Å². The molecule has 2 aromatic rings. The second-order valence-corrected chi connectivity index (χ2v) is 6.85. The third-order valence-electron chi connectivity index (χ3n) is 4.69. The molecule has 0 saturated carbocycles. The molecule has 1 aliphatic heterocycles. The van der Waals surface area contributed by atoms with Crippen molar-refractivity contribution in [3.05, 3.63) is 53.5 Å². The highest BCUT2D eigenvalue weighted by Gasteiger charge is 2.36. The number of aliphatic imine (C=N–C) groups is 1. The Bertz CT molecular complexity index is 926. The second-order valence-electron chi connectivity index (χ2n) is 6.85.